The highest BCUT2D eigenvalue weighted by Crippen LogP contribution is 2.19. The van der Waals surface area contributed by atoms with Crippen LogP contribution < -0.4 is 10.6 Å². The van der Waals surface area contributed by atoms with Gasteiger partial charge in [-0.05, 0) is 31.7 Å². The number of esters is 1. The van der Waals surface area contributed by atoms with E-state index in [9.17, 15) is 14.0 Å². The van der Waals surface area contributed by atoms with E-state index >= 15 is 0 Å². The predicted octanol–water partition coefficient (Wildman–Crippen LogP) is 1.79. The highest BCUT2D eigenvalue weighted by molar-refractivity contribution is 5.80. The lowest BCUT2D eigenvalue weighted by atomic mass is 10.0. The van der Waals surface area contributed by atoms with Crippen molar-refractivity contribution in [1.82, 2.24) is 10.6 Å². The molecule has 0 aromatic heterocycles. The number of nitrogens with one attached hydrogen (secondary N) is 2. The van der Waals surface area contributed by atoms with Crippen LogP contribution in [0.25, 0.3) is 0 Å². The smallest absolute Gasteiger partial charge is 0.308 e. The van der Waals surface area contributed by atoms with Gasteiger partial charge in [-0.15, -0.1) is 0 Å². The summed E-state index contributed by atoms with van der Waals surface area (Å²) in [6, 6.07) is 5.18. The number of halogens is 1. The Morgan fingerprint density at radius 2 is 1.91 bits per heavy atom. The van der Waals surface area contributed by atoms with Gasteiger partial charge in [-0.25, -0.2) is 4.39 Å². The fraction of sp³-hybridized carbons (Fsp3) is 0.500. The van der Waals surface area contributed by atoms with E-state index in [0.717, 1.165) is 0 Å². The fourth-order valence-electron chi connectivity index (χ4n) is 2.05. The van der Waals surface area contributed by atoms with Crippen LogP contribution in [0.4, 0.5) is 4.39 Å². The fourth-order valence-corrected chi connectivity index (χ4v) is 2.05. The van der Waals surface area contributed by atoms with Crippen molar-refractivity contribution >= 4 is 11.9 Å². The molecular formula is C16H23FN2O3. The number of benzene rings is 1. The number of carbonyl (C=O) groups excluding carboxylic acids is 2. The molecule has 0 aliphatic carbocycles. The van der Waals surface area contributed by atoms with Crippen molar-refractivity contribution < 1.29 is 18.7 Å². The lowest BCUT2D eigenvalue weighted by Gasteiger charge is -2.21. The maximum atomic E-state index is 13.0. The van der Waals surface area contributed by atoms with Crippen LogP contribution in [-0.2, 0) is 14.3 Å². The SMILES string of the molecule is CCOC(=O)CC(NC(=O)C(C)CNC)c1ccc(F)cc1. The van der Waals surface area contributed by atoms with Gasteiger partial charge in [0, 0.05) is 12.5 Å². The van der Waals surface area contributed by atoms with Crippen molar-refractivity contribution in [2.24, 2.45) is 5.92 Å². The maximum absolute atomic E-state index is 13.0. The maximum Gasteiger partial charge on any atom is 0.308 e. The van der Waals surface area contributed by atoms with Gasteiger partial charge in [0.15, 0.2) is 0 Å². The Kier molecular flexibility index (Phi) is 7.52. The molecule has 1 rings (SSSR count). The molecule has 0 aliphatic heterocycles. The topological polar surface area (TPSA) is 67.4 Å². The molecule has 5 nitrogen and oxygen atoms in total. The summed E-state index contributed by atoms with van der Waals surface area (Å²) >= 11 is 0. The molecule has 0 saturated carbocycles. The number of rotatable bonds is 8. The van der Waals surface area contributed by atoms with Crippen molar-refractivity contribution in [3.8, 4) is 0 Å². The first-order valence-corrected chi connectivity index (χ1v) is 7.34. The summed E-state index contributed by atoms with van der Waals surface area (Å²) in [6.07, 6.45) is 0.0114. The van der Waals surface area contributed by atoms with Gasteiger partial charge in [0.05, 0.1) is 19.1 Å². The third-order valence-corrected chi connectivity index (χ3v) is 3.22. The molecule has 122 valence electrons. The van der Waals surface area contributed by atoms with E-state index < -0.39 is 12.0 Å². The van der Waals surface area contributed by atoms with Crippen molar-refractivity contribution in [2.75, 3.05) is 20.2 Å². The summed E-state index contributed by atoms with van der Waals surface area (Å²) in [5, 5.41) is 5.75. The molecule has 1 amide bonds. The normalized spacial score (nSPS) is 13.3. The number of hydrogen-bond donors (Lipinski definition) is 2. The van der Waals surface area contributed by atoms with Gasteiger partial charge < -0.3 is 15.4 Å². The second kappa shape index (κ2) is 9.15. The van der Waals surface area contributed by atoms with E-state index in [1.807, 2.05) is 0 Å². The van der Waals surface area contributed by atoms with Crippen LogP contribution in [-0.4, -0.2) is 32.1 Å². The van der Waals surface area contributed by atoms with Crippen LogP contribution in [0, 0.1) is 11.7 Å². The van der Waals surface area contributed by atoms with Crippen LogP contribution >= 0.6 is 0 Å². The summed E-state index contributed by atoms with van der Waals surface area (Å²) in [7, 11) is 1.76. The number of ether oxygens (including phenoxy) is 1. The Hall–Kier alpha value is -1.95. The zero-order chi connectivity index (χ0) is 16.5. The van der Waals surface area contributed by atoms with Crippen molar-refractivity contribution in [3.05, 3.63) is 35.6 Å². The second-order valence-electron chi connectivity index (χ2n) is 5.08. The molecule has 0 heterocycles. The second-order valence-corrected chi connectivity index (χ2v) is 5.08. The van der Waals surface area contributed by atoms with Crippen molar-refractivity contribution in [2.45, 2.75) is 26.3 Å². The summed E-state index contributed by atoms with van der Waals surface area (Å²) in [4.78, 5) is 23.9. The van der Waals surface area contributed by atoms with E-state index in [1.165, 1.54) is 12.1 Å². The Morgan fingerprint density at radius 3 is 2.45 bits per heavy atom. The average molecular weight is 310 g/mol. The van der Waals surface area contributed by atoms with Crippen LogP contribution in [0.5, 0.6) is 0 Å². The minimum atomic E-state index is -0.536. The summed E-state index contributed by atoms with van der Waals surface area (Å²) < 4.78 is 18.0. The summed E-state index contributed by atoms with van der Waals surface area (Å²) in [5.41, 5.74) is 0.666. The molecule has 0 fully saturated rings. The third kappa shape index (κ3) is 5.81. The molecule has 0 spiro atoms. The minimum absolute atomic E-state index is 0.0114. The molecule has 6 heteroatoms. The molecule has 0 bridgehead atoms. The lowest BCUT2D eigenvalue weighted by Crippen LogP contribution is -2.37. The van der Waals surface area contributed by atoms with Gasteiger partial charge in [-0.2, -0.15) is 0 Å². The Bertz CT molecular complexity index is 491. The van der Waals surface area contributed by atoms with E-state index in [1.54, 1.807) is 33.0 Å². The highest BCUT2D eigenvalue weighted by Gasteiger charge is 2.21. The van der Waals surface area contributed by atoms with Gasteiger partial charge in [-0.3, -0.25) is 9.59 Å². The zero-order valence-corrected chi connectivity index (χ0v) is 13.2. The first kappa shape index (κ1) is 18.1. The first-order chi connectivity index (χ1) is 10.5. The predicted molar refractivity (Wildman–Crippen MR) is 81.6 cm³/mol. The molecular weight excluding hydrogens is 287 g/mol. The van der Waals surface area contributed by atoms with Crippen LogP contribution in [0.15, 0.2) is 24.3 Å². The van der Waals surface area contributed by atoms with Gasteiger partial charge in [0.2, 0.25) is 5.91 Å². The molecule has 0 aliphatic rings. The molecule has 1 aromatic rings. The monoisotopic (exact) mass is 310 g/mol. The summed E-state index contributed by atoms with van der Waals surface area (Å²) in [6.45, 7) is 4.32. The minimum Gasteiger partial charge on any atom is -0.466 e. The standard InChI is InChI=1S/C16H23FN2O3/c1-4-22-15(20)9-14(12-5-7-13(17)8-6-12)19-16(21)11(2)10-18-3/h5-8,11,14,18H,4,9-10H2,1-3H3,(H,19,21). The van der Waals surface area contributed by atoms with Crippen LogP contribution in [0.1, 0.15) is 31.9 Å². The lowest BCUT2D eigenvalue weighted by molar-refractivity contribution is -0.143. The van der Waals surface area contributed by atoms with E-state index in [-0.39, 0.29) is 30.7 Å². The molecule has 22 heavy (non-hydrogen) atoms. The van der Waals surface area contributed by atoms with Crippen LogP contribution in [0.3, 0.4) is 0 Å². The number of hydrogen-bond acceptors (Lipinski definition) is 4. The van der Waals surface area contributed by atoms with Gasteiger partial charge in [-0.1, -0.05) is 19.1 Å². The van der Waals surface area contributed by atoms with Crippen molar-refractivity contribution in [1.29, 1.82) is 0 Å². The molecule has 0 saturated heterocycles. The first-order valence-electron chi connectivity index (χ1n) is 7.34. The Balaban J connectivity index is 2.84. The Labute approximate surface area is 130 Å². The number of amides is 1. The molecule has 1 aromatic carbocycles. The van der Waals surface area contributed by atoms with E-state index in [4.69, 9.17) is 4.74 Å². The van der Waals surface area contributed by atoms with Gasteiger partial charge in [0.1, 0.15) is 5.82 Å². The van der Waals surface area contributed by atoms with Gasteiger partial charge >= 0.3 is 5.97 Å². The highest BCUT2D eigenvalue weighted by atomic mass is 19.1. The quantitative estimate of drug-likeness (QED) is 0.718. The largest absolute Gasteiger partial charge is 0.466 e. The van der Waals surface area contributed by atoms with E-state index in [2.05, 4.69) is 10.6 Å². The van der Waals surface area contributed by atoms with Crippen molar-refractivity contribution in [3.63, 3.8) is 0 Å². The average Bonchev–Trinajstić information content (AvgIpc) is 2.47. The summed E-state index contributed by atoms with van der Waals surface area (Å²) in [5.74, 6) is -1.19. The molecule has 2 N–H and O–H groups in total. The molecule has 2 atom stereocenters. The Morgan fingerprint density at radius 1 is 1.27 bits per heavy atom. The number of carbonyl (C=O) groups is 2. The zero-order valence-electron chi connectivity index (χ0n) is 13.2. The molecule has 0 radical (unpaired) electrons. The van der Waals surface area contributed by atoms with E-state index in [0.29, 0.717) is 12.1 Å². The molecule has 2 unspecified atom stereocenters. The van der Waals surface area contributed by atoms with Gasteiger partial charge in [0.25, 0.3) is 0 Å². The van der Waals surface area contributed by atoms with Crippen LogP contribution in [0.2, 0.25) is 0 Å². The third-order valence-electron chi connectivity index (χ3n) is 3.22.